The molecule has 0 saturated heterocycles. The van der Waals surface area contributed by atoms with Crippen LogP contribution in [0.3, 0.4) is 0 Å². The molecule has 0 aliphatic heterocycles. The number of fused-ring (bicyclic) bond motifs is 2. The van der Waals surface area contributed by atoms with Crippen molar-refractivity contribution in [2.45, 2.75) is 31.3 Å². The van der Waals surface area contributed by atoms with Gasteiger partial charge in [0.15, 0.2) is 0 Å². The summed E-state index contributed by atoms with van der Waals surface area (Å²) >= 11 is 0. The molecule has 6 aromatic rings. The summed E-state index contributed by atoms with van der Waals surface area (Å²) in [6, 6.07) is 37.9. The van der Waals surface area contributed by atoms with E-state index in [4.69, 9.17) is 0 Å². The molecule has 1 amide bonds. The van der Waals surface area contributed by atoms with E-state index in [-0.39, 0.29) is 23.1 Å². The number of benzene rings is 5. The molecule has 0 spiro atoms. The van der Waals surface area contributed by atoms with Crippen LogP contribution in [0.1, 0.15) is 57.7 Å². The van der Waals surface area contributed by atoms with Gasteiger partial charge >= 0.3 is 5.97 Å². The second kappa shape index (κ2) is 10.0. The number of nitrogens with zero attached hydrogens (tertiary/aromatic N) is 1. The number of carbonyl (C=O) groups is 2. The summed E-state index contributed by atoms with van der Waals surface area (Å²) in [5, 5.41) is 15.9. The number of carboxylic acids is 1. The molecule has 5 nitrogen and oxygen atoms in total. The van der Waals surface area contributed by atoms with Crippen molar-refractivity contribution in [3.8, 4) is 11.1 Å². The third-order valence-electron chi connectivity index (χ3n) is 8.61. The molecule has 1 aromatic heterocycles. The summed E-state index contributed by atoms with van der Waals surface area (Å²) in [4.78, 5) is 25.4. The zero-order chi connectivity index (χ0) is 28.8. The van der Waals surface area contributed by atoms with E-state index in [1.807, 2.05) is 31.2 Å². The van der Waals surface area contributed by atoms with Crippen LogP contribution in [0.4, 0.5) is 0 Å². The molecular formula is C37H30N2O3. The van der Waals surface area contributed by atoms with Crippen LogP contribution in [0.5, 0.6) is 0 Å². The number of rotatable bonds is 7. The average molecular weight is 551 g/mol. The fourth-order valence-electron chi connectivity index (χ4n) is 6.15. The molecule has 0 radical (unpaired) electrons. The molecule has 1 saturated carbocycles. The van der Waals surface area contributed by atoms with Crippen molar-refractivity contribution >= 4 is 33.6 Å². The van der Waals surface area contributed by atoms with Crippen LogP contribution in [0.2, 0.25) is 0 Å². The summed E-state index contributed by atoms with van der Waals surface area (Å²) in [5.41, 5.74) is 5.69. The van der Waals surface area contributed by atoms with Crippen LogP contribution in [0.15, 0.2) is 121 Å². The summed E-state index contributed by atoms with van der Waals surface area (Å²) in [6.45, 7) is 1.92. The Bertz CT molecular complexity index is 1970. The number of hydrogen-bond donors (Lipinski definition) is 2. The fraction of sp³-hybridized carbons (Fsp3) is 0.135. The predicted octanol–water partition coefficient (Wildman–Crippen LogP) is 8.19. The van der Waals surface area contributed by atoms with Crippen molar-refractivity contribution in [1.29, 1.82) is 0 Å². The molecule has 1 atom stereocenters. The average Bonchev–Trinajstić information content (AvgIpc) is 3.72. The van der Waals surface area contributed by atoms with Gasteiger partial charge < -0.3 is 15.0 Å². The monoisotopic (exact) mass is 550 g/mol. The van der Waals surface area contributed by atoms with Crippen molar-refractivity contribution in [3.63, 3.8) is 0 Å². The number of nitrogens with one attached hydrogen (secondary N) is 1. The van der Waals surface area contributed by atoms with Crippen molar-refractivity contribution in [2.24, 2.45) is 0 Å². The maximum atomic E-state index is 14.1. The summed E-state index contributed by atoms with van der Waals surface area (Å²) < 4.78 is 2.31. The minimum atomic E-state index is -0.973. The zero-order valence-electron chi connectivity index (χ0n) is 23.2. The minimum absolute atomic E-state index is 0.165. The van der Waals surface area contributed by atoms with Gasteiger partial charge in [-0.2, -0.15) is 0 Å². The fourth-order valence-corrected chi connectivity index (χ4v) is 6.15. The van der Waals surface area contributed by atoms with Gasteiger partial charge in [-0.1, -0.05) is 78.9 Å². The molecular weight excluding hydrogens is 520 g/mol. The molecule has 206 valence electrons. The normalized spacial score (nSPS) is 14.5. The molecule has 1 aliphatic rings. The van der Waals surface area contributed by atoms with Gasteiger partial charge in [-0.25, -0.2) is 4.79 Å². The predicted molar refractivity (Wildman–Crippen MR) is 167 cm³/mol. The van der Waals surface area contributed by atoms with Gasteiger partial charge in [0.2, 0.25) is 0 Å². The van der Waals surface area contributed by atoms with Crippen LogP contribution in [-0.2, 0) is 5.54 Å². The highest BCUT2D eigenvalue weighted by Gasteiger charge is 2.47. The zero-order valence-corrected chi connectivity index (χ0v) is 23.2. The number of aromatic carboxylic acids is 1. The number of aromatic nitrogens is 1. The largest absolute Gasteiger partial charge is 0.478 e. The van der Waals surface area contributed by atoms with Crippen LogP contribution in [0, 0.1) is 0 Å². The first-order chi connectivity index (χ1) is 20.4. The molecule has 0 unspecified atom stereocenters. The lowest BCUT2D eigenvalue weighted by Gasteiger charge is -2.23. The lowest BCUT2D eigenvalue weighted by atomic mass is 9.97. The molecule has 2 N–H and O–H groups in total. The molecule has 5 aromatic carbocycles. The Morgan fingerprint density at radius 3 is 2.19 bits per heavy atom. The second-order valence-corrected chi connectivity index (χ2v) is 11.2. The molecule has 7 rings (SSSR count). The van der Waals surface area contributed by atoms with E-state index in [9.17, 15) is 14.7 Å². The van der Waals surface area contributed by atoms with E-state index < -0.39 is 5.97 Å². The van der Waals surface area contributed by atoms with E-state index in [1.165, 1.54) is 16.3 Å². The van der Waals surface area contributed by atoms with Crippen molar-refractivity contribution in [1.82, 2.24) is 9.88 Å². The quantitative estimate of drug-likeness (QED) is 0.211. The lowest BCUT2D eigenvalue weighted by Crippen LogP contribution is -2.28. The highest BCUT2D eigenvalue weighted by Crippen LogP contribution is 2.52. The van der Waals surface area contributed by atoms with E-state index in [2.05, 4.69) is 82.8 Å². The highest BCUT2D eigenvalue weighted by atomic mass is 16.4. The van der Waals surface area contributed by atoms with Gasteiger partial charge in [-0.3, -0.25) is 4.79 Å². The topological polar surface area (TPSA) is 71.3 Å². The Hall–Kier alpha value is -5.16. The first-order valence-electron chi connectivity index (χ1n) is 14.3. The van der Waals surface area contributed by atoms with E-state index >= 15 is 0 Å². The molecule has 1 fully saturated rings. The number of hydrogen-bond acceptors (Lipinski definition) is 2. The second-order valence-electron chi connectivity index (χ2n) is 11.2. The van der Waals surface area contributed by atoms with Gasteiger partial charge in [-0.05, 0) is 89.2 Å². The molecule has 0 bridgehead atoms. The first-order valence-corrected chi connectivity index (χ1v) is 14.3. The highest BCUT2D eigenvalue weighted by molar-refractivity contribution is 6.08. The Morgan fingerprint density at radius 2 is 1.48 bits per heavy atom. The van der Waals surface area contributed by atoms with Gasteiger partial charge in [0, 0.05) is 11.6 Å². The summed E-state index contributed by atoms with van der Waals surface area (Å²) in [7, 11) is 0. The maximum absolute atomic E-state index is 14.1. The SMILES string of the molecule is C[C@H](NC(=O)c1cc(-c2ccccc2)cc2ccn(C3(c4ccc5ccccc5c4)CC3)c12)c1ccc(C(=O)O)cc1. The Balaban J connectivity index is 1.33. The van der Waals surface area contributed by atoms with Crippen molar-refractivity contribution in [3.05, 3.63) is 144 Å². The molecule has 1 aliphatic carbocycles. The smallest absolute Gasteiger partial charge is 0.335 e. The van der Waals surface area contributed by atoms with Crippen LogP contribution < -0.4 is 5.32 Å². The summed E-state index contributed by atoms with van der Waals surface area (Å²) in [6.07, 6.45) is 4.14. The van der Waals surface area contributed by atoms with Crippen molar-refractivity contribution < 1.29 is 14.7 Å². The minimum Gasteiger partial charge on any atom is -0.478 e. The van der Waals surface area contributed by atoms with Gasteiger partial charge in [0.1, 0.15) is 0 Å². The lowest BCUT2D eigenvalue weighted by molar-refractivity contribution is 0.0696. The van der Waals surface area contributed by atoms with Crippen molar-refractivity contribution in [2.75, 3.05) is 0 Å². The third kappa shape index (κ3) is 4.44. The van der Waals surface area contributed by atoms with E-state index in [1.54, 1.807) is 24.3 Å². The number of amides is 1. The van der Waals surface area contributed by atoms with Gasteiger partial charge in [0.25, 0.3) is 5.91 Å². The van der Waals surface area contributed by atoms with Crippen LogP contribution >= 0.6 is 0 Å². The Morgan fingerprint density at radius 1 is 0.762 bits per heavy atom. The molecule has 1 heterocycles. The number of carboxylic acid groups (broad SMARTS) is 1. The Kier molecular flexibility index (Phi) is 6.16. The Labute approximate surface area is 244 Å². The summed E-state index contributed by atoms with van der Waals surface area (Å²) in [5.74, 6) is -1.14. The first kappa shape index (κ1) is 25.8. The number of carbonyl (C=O) groups excluding carboxylic acids is 1. The van der Waals surface area contributed by atoms with E-state index in [0.29, 0.717) is 5.56 Å². The third-order valence-corrected chi connectivity index (χ3v) is 8.61. The van der Waals surface area contributed by atoms with E-state index in [0.717, 1.165) is 40.4 Å². The standard InChI is InChI=1S/C37H30N2O3/c1-24(25-11-13-28(14-12-25)36(41)42)38-35(40)33-23-31(26-7-3-2-4-8-26)21-30-17-20-39(34(30)33)37(18-19-37)32-16-15-27-9-5-6-10-29(27)22-32/h2-17,20-24H,18-19H2,1H3,(H,38,40)(H,41,42)/t24-/m0/s1. The van der Waals surface area contributed by atoms with Crippen LogP contribution in [0.25, 0.3) is 32.8 Å². The molecule has 5 heteroatoms. The van der Waals surface area contributed by atoms with Gasteiger partial charge in [-0.15, -0.1) is 0 Å². The van der Waals surface area contributed by atoms with Crippen LogP contribution in [-0.4, -0.2) is 21.6 Å². The maximum Gasteiger partial charge on any atom is 0.335 e. The molecule has 42 heavy (non-hydrogen) atoms. The van der Waals surface area contributed by atoms with Gasteiger partial charge in [0.05, 0.1) is 28.2 Å².